The van der Waals surface area contributed by atoms with Crippen LogP contribution in [0, 0.1) is 11.8 Å². The molecule has 0 unspecified atom stereocenters. The number of hydrogen-bond donors (Lipinski definition) is 1. The highest BCUT2D eigenvalue weighted by atomic mass is 35.5. The Kier molecular flexibility index (Phi) is 2.71. The van der Waals surface area contributed by atoms with Gasteiger partial charge in [0.2, 0.25) is 11.8 Å². The number of amides is 2. The Labute approximate surface area is 96.7 Å². The van der Waals surface area contributed by atoms with Gasteiger partial charge in [0.05, 0.1) is 11.8 Å². The molecule has 0 bridgehead atoms. The highest BCUT2D eigenvalue weighted by molar-refractivity contribution is 6.30. The standard InChI is InChI=1S/C10H10ClNO4/c11-5-1-2-6-7(3-5)10(16)12(9(6)15)4-8(13)14/h1,6-7H,2-4H2,(H,13,14)/t6-,7+/m1/s1. The molecule has 1 N–H and O–H groups in total. The minimum absolute atomic E-state index is 0.340. The SMILES string of the molecule is O=C(O)CN1C(=O)[C@H]2CC(Cl)=CC[C@H]2C1=O. The molecule has 0 saturated carbocycles. The predicted octanol–water partition coefficient (Wildman–Crippen LogP) is 0.589. The maximum Gasteiger partial charge on any atom is 0.323 e. The van der Waals surface area contributed by atoms with Crippen molar-refractivity contribution in [2.45, 2.75) is 12.8 Å². The van der Waals surface area contributed by atoms with Crippen molar-refractivity contribution in [2.75, 3.05) is 6.54 Å². The highest BCUT2D eigenvalue weighted by Crippen LogP contribution is 2.38. The first-order chi connectivity index (χ1) is 7.50. The minimum atomic E-state index is -1.18. The van der Waals surface area contributed by atoms with Crippen molar-refractivity contribution < 1.29 is 19.5 Å². The van der Waals surface area contributed by atoms with E-state index in [9.17, 15) is 14.4 Å². The predicted molar refractivity (Wildman–Crippen MR) is 54.5 cm³/mol. The third kappa shape index (κ3) is 1.71. The largest absolute Gasteiger partial charge is 0.480 e. The second kappa shape index (κ2) is 3.90. The monoisotopic (exact) mass is 243 g/mol. The quantitative estimate of drug-likeness (QED) is 0.721. The van der Waals surface area contributed by atoms with Gasteiger partial charge in [-0.2, -0.15) is 0 Å². The van der Waals surface area contributed by atoms with E-state index in [1.54, 1.807) is 6.08 Å². The molecule has 2 amide bonds. The van der Waals surface area contributed by atoms with Crippen LogP contribution in [0.25, 0.3) is 0 Å². The molecular formula is C10H10ClNO4. The Hall–Kier alpha value is -1.36. The topological polar surface area (TPSA) is 74.7 Å². The van der Waals surface area contributed by atoms with Crippen LogP contribution in [0.4, 0.5) is 0 Å². The van der Waals surface area contributed by atoms with Gasteiger partial charge in [-0.15, -0.1) is 0 Å². The number of likely N-dealkylation sites (tertiary alicyclic amines) is 1. The van der Waals surface area contributed by atoms with Gasteiger partial charge in [0.15, 0.2) is 0 Å². The smallest absolute Gasteiger partial charge is 0.323 e. The third-order valence-corrected chi connectivity index (χ3v) is 3.26. The summed E-state index contributed by atoms with van der Waals surface area (Å²) in [6.07, 6.45) is 2.48. The van der Waals surface area contributed by atoms with Crippen LogP contribution in [-0.4, -0.2) is 34.3 Å². The van der Waals surface area contributed by atoms with E-state index in [-0.39, 0.29) is 0 Å². The van der Waals surface area contributed by atoms with Gasteiger partial charge in [0.1, 0.15) is 6.54 Å². The van der Waals surface area contributed by atoms with Crippen molar-refractivity contribution in [3.8, 4) is 0 Å². The van der Waals surface area contributed by atoms with E-state index < -0.39 is 36.2 Å². The number of fused-ring (bicyclic) bond motifs is 1. The molecule has 0 aromatic heterocycles. The summed E-state index contributed by atoms with van der Waals surface area (Å²) < 4.78 is 0. The number of aliphatic carboxylic acids is 1. The Balaban J connectivity index is 2.21. The first-order valence-electron chi connectivity index (χ1n) is 4.92. The van der Waals surface area contributed by atoms with Crippen molar-refractivity contribution in [1.29, 1.82) is 0 Å². The van der Waals surface area contributed by atoms with Crippen LogP contribution in [0.5, 0.6) is 0 Å². The van der Waals surface area contributed by atoms with Crippen molar-refractivity contribution in [3.05, 3.63) is 11.1 Å². The van der Waals surface area contributed by atoms with Crippen LogP contribution in [0.3, 0.4) is 0 Å². The molecule has 2 rings (SSSR count). The molecule has 86 valence electrons. The normalized spacial score (nSPS) is 29.1. The average Bonchev–Trinajstić information content (AvgIpc) is 2.43. The van der Waals surface area contributed by atoms with Crippen LogP contribution >= 0.6 is 11.6 Å². The second-order valence-corrected chi connectivity index (χ2v) is 4.45. The molecule has 5 nitrogen and oxygen atoms in total. The summed E-state index contributed by atoms with van der Waals surface area (Å²) in [7, 11) is 0. The van der Waals surface area contributed by atoms with Crippen LogP contribution in [-0.2, 0) is 14.4 Å². The number of allylic oxidation sites excluding steroid dienone is 2. The Morgan fingerprint density at radius 2 is 2.06 bits per heavy atom. The lowest BCUT2D eigenvalue weighted by Crippen LogP contribution is -2.35. The Morgan fingerprint density at radius 1 is 1.44 bits per heavy atom. The first kappa shape index (κ1) is 11.1. The maximum absolute atomic E-state index is 11.8. The zero-order valence-electron chi connectivity index (χ0n) is 8.35. The maximum atomic E-state index is 11.8. The number of imide groups is 1. The summed E-state index contributed by atoms with van der Waals surface area (Å²) >= 11 is 5.81. The number of hydrogen-bond acceptors (Lipinski definition) is 3. The van der Waals surface area contributed by atoms with Gasteiger partial charge >= 0.3 is 5.97 Å². The molecule has 1 saturated heterocycles. The van der Waals surface area contributed by atoms with Crippen molar-refractivity contribution in [3.63, 3.8) is 0 Å². The summed E-state index contributed by atoms with van der Waals surface area (Å²) in [5.41, 5.74) is 0. The second-order valence-electron chi connectivity index (χ2n) is 3.96. The number of halogens is 1. The molecule has 1 aliphatic heterocycles. The van der Waals surface area contributed by atoms with Crippen LogP contribution in [0.1, 0.15) is 12.8 Å². The van der Waals surface area contributed by atoms with Gasteiger partial charge in [-0.25, -0.2) is 0 Å². The molecular weight excluding hydrogens is 234 g/mol. The van der Waals surface area contributed by atoms with Gasteiger partial charge in [-0.1, -0.05) is 17.7 Å². The molecule has 0 radical (unpaired) electrons. The van der Waals surface area contributed by atoms with Crippen molar-refractivity contribution in [1.82, 2.24) is 4.90 Å². The van der Waals surface area contributed by atoms with E-state index in [2.05, 4.69) is 0 Å². The summed E-state index contributed by atoms with van der Waals surface area (Å²) in [5, 5.41) is 9.18. The molecule has 1 fully saturated rings. The lowest BCUT2D eigenvalue weighted by molar-refractivity contribution is -0.149. The summed E-state index contributed by atoms with van der Waals surface area (Å²) in [4.78, 5) is 34.9. The molecule has 1 aliphatic carbocycles. The van der Waals surface area contributed by atoms with E-state index in [1.165, 1.54) is 0 Å². The Morgan fingerprint density at radius 3 is 2.69 bits per heavy atom. The molecule has 2 aliphatic rings. The van der Waals surface area contributed by atoms with Gasteiger partial charge < -0.3 is 5.11 Å². The number of nitrogens with zero attached hydrogens (tertiary/aromatic N) is 1. The van der Waals surface area contributed by atoms with Gasteiger partial charge in [-0.3, -0.25) is 19.3 Å². The fourth-order valence-corrected chi connectivity index (χ4v) is 2.44. The van der Waals surface area contributed by atoms with Crippen LogP contribution in [0.15, 0.2) is 11.1 Å². The van der Waals surface area contributed by atoms with Gasteiger partial charge in [0, 0.05) is 5.03 Å². The minimum Gasteiger partial charge on any atom is -0.480 e. The summed E-state index contributed by atoms with van der Waals surface area (Å²) in [6.45, 7) is -0.553. The summed E-state index contributed by atoms with van der Waals surface area (Å²) in [6, 6.07) is 0. The molecule has 1 heterocycles. The average molecular weight is 244 g/mol. The fourth-order valence-electron chi connectivity index (χ4n) is 2.19. The van der Waals surface area contributed by atoms with Gasteiger partial charge in [-0.05, 0) is 12.8 Å². The Bertz CT molecular complexity index is 404. The van der Waals surface area contributed by atoms with E-state index in [0.717, 1.165) is 4.90 Å². The van der Waals surface area contributed by atoms with Gasteiger partial charge in [0.25, 0.3) is 0 Å². The molecule has 2 atom stereocenters. The highest BCUT2D eigenvalue weighted by Gasteiger charge is 2.48. The number of carbonyl (C=O) groups is 3. The summed E-state index contributed by atoms with van der Waals surface area (Å²) in [5.74, 6) is -2.88. The lowest BCUT2D eigenvalue weighted by Gasteiger charge is -2.17. The van der Waals surface area contributed by atoms with E-state index in [0.29, 0.717) is 17.9 Å². The number of carboxylic acid groups (broad SMARTS) is 1. The van der Waals surface area contributed by atoms with E-state index in [4.69, 9.17) is 16.7 Å². The van der Waals surface area contributed by atoms with E-state index >= 15 is 0 Å². The number of carboxylic acids is 1. The fraction of sp³-hybridized carbons (Fsp3) is 0.500. The first-order valence-corrected chi connectivity index (χ1v) is 5.30. The zero-order valence-corrected chi connectivity index (χ0v) is 9.11. The molecule has 6 heteroatoms. The lowest BCUT2D eigenvalue weighted by atomic mass is 9.85. The third-order valence-electron chi connectivity index (χ3n) is 2.95. The number of carbonyl (C=O) groups excluding carboxylic acids is 2. The van der Waals surface area contributed by atoms with E-state index in [1.807, 2.05) is 0 Å². The van der Waals surface area contributed by atoms with Crippen molar-refractivity contribution >= 4 is 29.4 Å². The van der Waals surface area contributed by atoms with Crippen LogP contribution in [0.2, 0.25) is 0 Å². The molecule has 0 spiro atoms. The van der Waals surface area contributed by atoms with Crippen LogP contribution < -0.4 is 0 Å². The number of rotatable bonds is 2. The van der Waals surface area contributed by atoms with Crippen molar-refractivity contribution in [2.24, 2.45) is 11.8 Å². The zero-order chi connectivity index (χ0) is 11.9. The molecule has 0 aromatic carbocycles. The molecule has 16 heavy (non-hydrogen) atoms. The molecule has 0 aromatic rings.